The normalized spacial score (nSPS) is 11.1. The van der Waals surface area contributed by atoms with Crippen LogP contribution >= 0.6 is 23.4 Å². The van der Waals surface area contributed by atoms with Gasteiger partial charge in [0, 0.05) is 23.3 Å². The summed E-state index contributed by atoms with van der Waals surface area (Å²) in [4.78, 5) is 30.4. The molecule has 0 spiro atoms. The van der Waals surface area contributed by atoms with Gasteiger partial charge in [-0.25, -0.2) is 4.98 Å². The molecule has 174 valence electrons. The minimum Gasteiger partial charge on any atom is -0.457 e. The molecule has 0 saturated carbocycles. The summed E-state index contributed by atoms with van der Waals surface area (Å²) >= 11 is 7.32. The van der Waals surface area contributed by atoms with Gasteiger partial charge >= 0.3 is 0 Å². The Hall–Kier alpha value is -3.29. The standard InChI is InChI=1S/C26H24ClN3O3S/c1-17(2)15-30-25(32)22-12-11-18(27)13-23(22)29-26(30)34-16-24(31)28-19-7-6-10-21(14-19)33-20-8-4-3-5-9-20/h3-14,17H,15-16H2,1-2H3,(H,28,31). The van der Waals surface area contributed by atoms with E-state index in [1.54, 1.807) is 34.9 Å². The van der Waals surface area contributed by atoms with Crippen molar-refractivity contribution in [2.24, 2.45) is 5.92 Å². The maximum atomic E-state index is 13.1. The number of fused-ring (bicyclic) bond motifs is 1. The van der Waals surface area contributed by atoms with E-state index in [9.17, 15) is 9.59 Å². The van der Waals surface area contributed by atoms with Gasteiger partial charge in [-0.1, -0.05) is 61.5 Å². The van der Waals surface area contributed by atoms with Gasteiger partial charge in [0.1, 0.15) is 11.5 Å². The molecule has 0 unspecified atom stereocenters. The van der Waals surface area contributed by atoms with E-state index in [0.717, 1.165) is 0 Å². The molecule has 1 aromatic heterocycles. The summed E-state index contributed by atoms with van der Waals surface area (Å²) in [6.45, 7) is 4.57. The number of nitrogens with one attached hydrogen (secondary N) is 1. The van der Waals surface area contributed by atoms with E-state index in [1.807, 2.05) is 56.3 Å². The molecule has 0 aliphatic rings. The Morgan fingerprint density at radius 1 is 1.06 bits per heavy atom. The number of amides is 1. The third-order valence-corrected chi connectivity index (χ3v) is 6.07. The van der Waals surface area contributed by atoms with Gasteiger partial charge in [0.2, 0.25) is 5.91 Å². The average molecular weight is 494 g/mol. The number of rotatable bonds is 8. The van der Waals surface area contributed by atoms with Gasteiger partial charge in [0.05, 0.1) is 16.7 Å². The summed E-state index contributed by atoms with van der Waals surface area (Å²) < 4.78 is 7.46. The van der Waals surface area contributed by atoms with Crippen LogP contribution in [-0.2, 0) is 11.3 Å². The highest BCUT2D eigenvalue weighted by molar-refractivity contribution is 7.99. The van der Waals surface area contributed by atoms with Gasteiger partial charge in [-0.2, -0.15) is 0 Å². The molecule has 8 heteroatoms. The van der Waals surface area contributed by atoms with E-state index in [4.69, 9.17) is 16.3 Å². The molecule has 1 N–H and O–H groups in total. The molecule has 0 aliphatic carbocycles. The highest BCUT2D eigenvalue weighted by atomic mass is 35.5. The molecule has 0 saturated heterocycles. The van der Waals surface area contributed by atoms with Crippen LogP contribution in [-0.4, -0.2) is 21.2 Å². The summed E-state index contributed by atoms with van der Waals surface area (Å²) in [5.41, 5.74) is 1.01. The van der Waals surface area contributed by atoms with Crippen molar-refractivity contribution in [1.29, 1.82) is 0 Å². The van der Waals surface area contributed by atoms with Gasteiger partial charge in [-0.05, 0) is 48.4 Å². The fraction of sp³-hybridized carbons (Fsp3) is 0.192. The molecule has 3 aromatic carbocycles. The van der Waals surface area contributed by atoms with Crippen LogP contribution in [0.3, 0.4) is 0 Å². The lowest BCUT2D eigenvalue weighted by Crippen LogP contribution is -2.26. The second-order valence-corrected chi connectivity index (χ2v) is 9.52. The number of ether oxygens (including phenoxy) is 1. The number of thioether (sulfide) groups is 1. The van der Waals surface area contributed by atoms with E-state index >= 15 is 0 Å². The Kier molecular flexibility index (Phi) is 7.55. The molecule has 4 rings (SSSR count). The van der Waals surface area contributed by atoms with Crippen LogP contribution in [0.5, 0.6) is 11.5 Å². The molecular weight excluding hydrogens is 470 g/mol. The quantitative estimate of drug-likeness (QED) is 0.233. The van der Waals surface area contributed by atoms with Crippen molar-refractivity contribution in [3.63, 3.8) is 0 Å². The van der Waals surface area contributed by atoms with Crippen molar-refractivity contribution in [2.45, 2.75) is 25.5 Å². The van der Waals surface area contributed by atoms with Crippen molar-refractivity contribution < 1.29 is 9.53 Å². The number of anilines is 1. The number of benzene rings is 3. The zero-order valence-corrected chi connectivity index (χ0v) is 20.4. The number of carbonyl (C=O) groups excluding carboxylic acids is 1. The van der Waals surface area contributed by atoms with Crippen LogP contribution in [0.15, 0.2) is 82.7 Å². The third kappa shape index (κ3) is 5.98. The Balaban J connectivity index is 1.49. The lowest BCUT2D eigenvalue weighted by Gasteiger charge is -2.15. The molecule has 4 aromatic rings. The Bertz CT molecular complexity index is 1370. The van der Waals surface area contributed by atoms with Gasteiger partial charge in [-0.15, -0.1) is 0 Å². The lowest BCUT2D eigenvalue weighted by molar-refractivity contribution is -0.113. The molecule has 0 radical (unpaired) electrons. The minimum absolute atomic E-state index is 0.0976. The first-order valence-electron chi connectivity index (χ1n) is 10.8. The average Bonchev–Trinajstić information content (AvgIpc) is 2.80. The fourth-order valence-corrected chi connectivity index (χ4v) is 4.37. The number of hydrogen-bond acceptors (Lipinski definition) is 5. The molecule has 6 nitrogen and oxygen atoms in total. The fourth-order valence-electron chi connectivity index (χ4n) is 3.40. The van der Waals surface area contributed by atoms with Crippen LogP contribution in [0, 0.1) is 5.92 Å². The molecule has 1 heterocycles. The van der Waals surface area contributed by atoms with Crippen LogP contribution in [0.4, 0.5) is 5.69 Å². The van der Waals surface area contributed by atoms with Gasteiger partial charge in [0.15, 0.2) is 5.16 Å². The van der Waals surface area contributed by atoms with Crippen molar-refractivity contribution in [2.75, 3.05) is 11.1 Å². The largest absolute Gasteiger partial charge is 0.457 e. The lowest BCUT2D eigenvalue weighted by atomic mass is 10.2. The van der Waals surface area contributed by atoms with Crippen molar-refractivity contribution in [1.82, 2.24) is 9.55 Å². The molecule has 0 aliphatic heterocycles. The van der Waals surface area contributed by atoms with Gasteiger partial charge in [0.25, 0.3) is 5.56 Å². The minimum atomic E-state index is -0.210. The van der Waals surface area contributed by atoms with Crippen LogP contribution in [0.1, 0.15) is 13.8 Å². The number of para-hydroxylation sites is 1. The smallest absolute Gasteiger partial charge is 0.262 e. The number of carbonyl (C=O) groups is 1. The molecule has 0 atom stereocenters. The maximum absolute atomic E-state index is 13.1. The molecule has 1 amide bonds. The summed E-state index contributed by atoms with van der Waals surface area (Å²) in [7, 11) is 0. The number of hydrogen-bond donors (Lipinski definition) is 1. The van der Waals surface area contributed by atoms with Crippen molar-refractivity contribution in [3.05, 3.63) is 88.2 Å². The van der Waals surface area contributed by atoms with Crippen LogP contribution < -0.4 is 15.6 Å². The third-order valence-electron chi connectivity index (χ3n) is 4.86. The molecule has 0 fully saturated rings. The first kappa shape index (κ1) is 23.9. The summed E-state index contributed by atoms with van der Waals surface area (Å²) in [5.74, 6) is 1.46. The number of halogens is 1. The molecule has 0 bridgehead atoms. The number of nitrogens with zero attached hydrogens (tertiary/aromatic N) is 2. The predicted octanol–water partition coefficient (Wildman–Crippen LogP) is 6.23. The van der Waals surface area contributed by atoms with E-state index < -0.39 is 0 Å². The monoisotopic (exact) mass is 493 g/mol. The number of aromatic nitrogens is 2. The molecule has 34 heavy (non-hydrogen) atoms. The van der Waals surface area contributed by atoms with Gasteiger partial charge < -0.3 is 10.1 Å². The van der Waals surface area contributed by atoms with E-state index in [-0.39, 0.29) is 23.1 Å². The Morgan fingerprint density at radius 2 is 1.82 bits per heavy atom. The second kappa shape index (κ2) is 10.8. The second-order valence-electron chi connectivity index (χ2n) is 8.15. The van der Waals surface area contributed by atoms with E-state index in [0.29, 0.717) is 44.8 Å². The predicted molar refractivity (Wildman–Crippen MR) is 138 cm³/mol. The van der Waals surface area contributed by atoms with E-state index in [2.05, 4.69) is 10.3 Å². The maximum Gasteiger partial charge on any atom is 0.262 e. The van der Waals surface area contributed by atoms with Crippen LogP contribution in [0.2, 0.25) is 5.02 Å². The summed E-state index contributed by atoms with van der Waals surface area (Å²) in [6, 6.07) is 21.7. The first-order chi connectivity index (χ1) is 16.4. The zero-order chi connectivity index (χ0) is 24.1. The van der Waals surface area contributed by atoms with Gasteiger partial charge in [-0.3, -0.25) is 14.2 Å². The van der Waals surface area contributed by atoms with Crippen molar-refractivity contribution >= 4 is 45.9 Å². The first-order valence-corrected chi connectivity index (χ1v) is 12.2. The highest BCUT2D eigenvalue weighted by Crippen LogP contribution is 2.25. The topological polar surface area (TPSA) is 73.2 Å². The summed E-state index contributed by atoms with van der Waals surface area (Å²) in [6.07, 6.45) is 0. The highest BCUT2D eigenvalue weighted by Gasteiger charge is 2.15. The molecular formula is C26H24ClN3O3S. The van der Waals surface area contributed by atoms with Crippen LogP contribution in [0.25, 0.3) is 10.9 Å². The SMILES string of the molecule is CC(C)Cn1c(SCC(=O)Nc2cccc(Oc3ccccc3)c2)nc2cc(Cl)ccc2c1=O. The van der Waals surface area contributed by atoms with Crippen molar-refractivity contribution in [3.8, 4) is 11.5 Å². The Morgan fingerprint density at radius 3 is 2.59 bits per heavy atom. The Labute approximate surface area is 206 Å². The summed E-state index contributed by atoms with van der Waals surface area (Å²) in [5, 5.41) is 4.39. The van der Waals surface area contributed by atoms with E-state index in [1.165, 1.54) is 11.8 Å². The zero-order valence-electron chi connectivity index (χ0n) is 18.8.